The van der Waals surface area contributed by atoms with Gasteiger partial charge in [0.15, 0.2) is 0 Å². The number of hydrogen-bond donors (Lipinski definition) is 2. The van der Waals surface area contributed by atoms with Crippen LogP contribution in [-0.2, 0) is 10.0 Å². The van der Waals surface area contributed by atoms with Gasteiger partial charge in [-0.05, 0) is 65.7 Å². The van der Waals surface area contributed by atoms with Gasteiger partial charge in [-0.25, -0.2) is 13.1 Å². The Labute approximate surface area is 124 Å². The summed E-state index contributed by atoms with van der Waals surface area (Å²) in [5.74, 6) is 0.240. The van der Waals surface area contributed by atoms with Crippen molar-refractivity contribution in [1.82, 2.24) is 14.9 Å². The molecule has 2 N–H and O–H groups in total. The first-order valence-corrected chi connectivity index (χ1v) is 9.42. The number of likely N-dealkylation sites (N-methyl/N-ethyl adjacent to an activating group) is 1. The SMILES string of the molecule is CCCNCCCCS(=O)(=O)NCC1(N(C)C)CCC1. The second-order valence-electron chi connectivity index (χ2n) is 6.07. The van der Waals surface area contributed by atoms with Crippen LogP contribution in [0.4, 0.5) is 0 Å². The van der Waals surface area contributed by atoms with Crippen molar-refractivity contribution in [2.45, 2.75) is 51.0 Å². The first-order chi connectivity index (χ1) is 9.42. The van der Waals surface area contributed by atoms with Crippen molar-refractivity contribution in [3.63, 3.8) is 0 Å². The van der Waals surface area contributed by atoms with Gasteiger partial charge in [0.25, 0.3) is 0 Å². The van der Waals surface area contributed by atoms with E-state index >= 15 is 0 Å². The van der Waals surface area contributed by atoms with Crippen molar-refractivity contribution in [2.24, 2.45) is 0 Å². The molecule has 0 radical (unpaired) electrons. The van der Waals surface area contributed by atoms with Crippen molar-refractivity contribution in [1.29, 1.82) is 0 Å². The lowest BCUT2D eigenvalue weighted by molar-refractivity contribution is 0.0657. The van der Waals surface area contributed by atoms with E-state index in [4.69, 9.17) is 0 Å². The van der Waals surface area contributed by atoms with Crippen LogP contribution in [0.25, 0.3) is 0 Å². The minimum Gasteiger partial charge on any atom is -0.317 e. The van der Waals surface area contributed by atoms with E-state index in [1.54, 1.807) is 0 Å². The van der Waals surface area contributed by atoms with Crippen molar-refractivity contribution in [2.75, 3.05) is 39.5 Å². The molecule has 0 saturated heterocycles. The van der Waals surface area contributed by atoms with Crippen molar-refractivity contribution >= 4 is 10.0 Å². The standard InChI is InChI=1S/C14H31N3O2S/c1-4-10-15-11-5-6-12-20(18,19)16-13-14(17(2)3)8-7-9-14/h15-16H,4-13H2,1-3H3. The molecule has 0 aromatic carbocycles. The minimum atomic E-state index is -3.12. The molecule has 0 amide bonds. The molecule has 20 heavy (non-hydrogen) atoms. The molecule has 0 heterocycles. The van der Waals surface area contributed by atoms with Crippen LogP contribution in [0.5, 0.6) is 0 Å². The smallest absolute Gasteiger partial charge is 0.211 e. The zero-order valence-corrected chi connectivity index (χ0v) is 14.1. The Morgan fingerprint density at radius 1 is 1.15 bits per heavy atom. The van der Waals surface area contributed by atoms with Gasteiger partial charge in [-0.2, -0.15) is 0 Å². The number of sulfonamides is 1. The van der Waals surface area contributed by atoms with Crippen molar-refractivity contribution in [3.8, 4) is 0 Å². The molecule has 0 unspecified atom stereocenters. The maximum Gasteiger partial charge on any atom is 0.211 e. The number of nitrogens with zero attached hydrogens (tertiary/aromatic N) is 1. The lowest BCUT2D eigenvalue weighted by atomic mass is 9.76. The monoisotopic (exact) mass is 305 g/mol. The van der Waals surface area contributed by atoms with E-state index in [-0.39, 0.29) is 11.3 Å². The van der Waals surface area contributed by atoms with Crippen LogP contribution in [0, 0.1) is 0 Å². The molecule has 6 heteroatoms. The quantitative estimate of drug-likeness (QED) is 0.563. The fourth-order valence-electron chi connectivity index (χ4n) is 2.53. The lowest BCUT2D eigenvalue weighted by Gasteiger charge is -2.47. The predicted molar refractivity (Wildman–Crippen MR) is 84.5 cm³/mol. The van der Waals surface area contributed by atoms with Crippen molar-refractivity contribution < 1.29 is 8.42 Å². The van der Waals surface area contributed by atoms with Crippen LogP contribution < -0.4 is 10.0 Å². The van der Waals surface area contributed by atoms with E-state index in [1.165, 1.54) is 6.42 Å². The van der Waals surface area contributed by atoms with Gasteiger partial charge < -0.3 is 10.2 Å². The summed E-state index contributed by atoms with van der Waals surface area (Å²) in [6.07, 6.45) is 6.13. The van der Waals surface area contributed by atoms with E-state index < -0.39 is 10.0 Å². The lowest BCUT2D eigenvalue weighted by Crippen LogP contribution is -2.57. The first-order valence-electron chi connectivity index (χ1n) is 7.77. The second-order valence-corrected chi connectivity index (χ2v) is 8.00. The van der Waals surface area contributed by atoms with E-state index in [0.29, 0.717) is 6.54 Å². The average Bonchev–Trinajstić information content (AvgIpc) is 2.31. The third kappa shape index (κ3) is 5.68. The highest BCUT2D eigenvalue weighted by atomic mass is 32.2. The van der Waals surface area contributed by atoms with Crippen LogP contribution >= 0.6 is 0 Å². The third-order valence-corrected chi connectivity index (χ3v) is 5.71. The molecule has 1 rings (SSSR count). The molecular formula is C14H31N3O2S. The highest BCUT2D eigenvalue weighted by Gasteiger charge is 2.39. The molecule has 0 aliphatic heterocycles. The van der Waals surface area contributed by atoms with Crippen LogP contribution in [0.3, 0.4) is 0 Å². The number of unbranched alkanes of at least 4 members (excludes halogenated alkanes) is 1. The summed E-state index contributed by atoms with van der Waals surface area (Å²) in [5.41, 5.74) is 0.0513. The van der Waals surface area contributed by atoms with Crippen LogP contribution in [0.2, 0.25) is 0 Å². The first kappa shape index (κ1) is 17.9. The number of hydrogen-bond acceptors (Lipinski definition) is 4. The summed E-state index contributed by atoms with van der Waals surface area (Å²) in [6, 6.07) is 0. The number of nitrogens with one attached hydrogen (secondary N) is 2. The summed E-state index contributed by atoms with van der Waals surface area (Å²) in [6.45, 7) is 4.60. The topological polar surface area (TPSA) is 61.4 Å². The van der Waals surface area contributed by atoms with Crippen LogP contribution in [0.1, 0.15) is 45.4 Å². The fraction of sp³-hybridized carbons (Fsp3) is 1.00. The largest absolute Gasteiger partial charge is 0.317 e. The minimum absolute atomic E-state index is 0.0513. The van der Waals surface area contributed by atoms with E-state index in [1.807, 2.05) is 14.1 Å². The summed E-state index contributed by atoms with van der Waals surface area (Å²) < 4.78 is 26.8. The average molecular weight is 305 g/mol. The molecule has 1 fully saturated rings. The van der Waals surface area contributed by atoms with Gasteiger partial charge in [0, 0.05) is 12.1 Å². The molecule has 120 valence electrons. The number of rotatable bonds is 11. The van der Waals surface area contributed by atoms with E-state index in [9.17, 15) is 8.42 Å². The van der Waals surface area contributed by atoms with Gasteiger partial charge in [0.1, 0.15) is 0 Å². The Hall–Kier alpha value is -0.170. The zero-order valence-electron chi connectivity index (χ0n) is 13.2. The maximum atomic E-state index is 12.0. The van der Waals surface area contributed by atoms with Crippen LogP contribution in [-0.4, -0.2) is 58.3 Å². The van der Waals surface area contributed by atoms with E-state index in [2.05, 4.69) is 21.9 Å². The molecule has 1 aliphatic rings. The van der Waals surface area contributed by atoms with E-state index in [0.717, 1.165) is 45.2 Å². The fourth-order valence-corrected chi connectivity index (χ4v) is 3.74. The highest BCUT2D eigenvalue weighted by Crippen LogP contribution is 2.35. The Bertz CT molecular complexity index is 365. The molecule has 1 aliphatic carbocycles. The molecule has 5 nitrogen and oxygen atoms in total. The Morgan fingerprint density at radius 3 is 2.35 bits per heavy atom. The Kier molecular flexibility index (Phi) is 7.43. The summed E-state index contributed by atoms with van der Waals surface area (Å²) >= 11 is 0. The van der Waals surface area contributed by atoms with Gasteiger partial charge in [-0.1, -0.05) is 6.92 Å². The van der Waals surface area contributed by atoms with Gasteiger partial charge in [-0.15, -0.1) is 0 Å². The van der Waals surface area contributed by atoms with Gasteiger partial charge in [0.2, 0.25) is 10.0 Å². The van der Waals surface area contributed by atoms with Gasteiger partial charge in [0.05, 0.1) is 5.75 Å². The van der Waals surface area contributed by atoms with Crippen molar-refractivity contribution in [3.05, 3.63) is 0 Å². The summed E-state index contributed by atoms with van der Waals surface area (Å²) in [7, 11) is 0.947. The molecule has 0 spiro atoms. The summed E-state index contributed by atoms with van der Waals surface area (Å²) in [5, 5.41) is 3.29. The molecule has 1 saturated carbocycles. The zero-order chi connectivity index (χ0) is 15.1. The summed E-state index contributed by atoms with van der Waals surface area (Å²) in [4.78, 5) is 2.16. The van der Waals surface area contributed by atoms with Gasteiger partial charge in [-0.3, -0.25) is 0 Å². The molecule has 0 bridgehead atoms. The van der Waals surface area contributed by atoms with Gasteiger partial charge >= 0.3 is 0 Å². The second kappa shape index (κ2) is 8.32. The Morgan fingerprint density at radius 2 is 1.85 bits per heavy atom. The molecular weight excluding hydrogens is 274 g/mol. The highest BCUT2D eigenvalue weighted by molar-refractivity contribution is 7.89. The van der Waals surface area contributed by atoms with Crippen LogP contribution in [0.15, 0.2) is 0 Å². The predicted octanol–water partition coefficient (Wildman–Crippen LogP) is 1.17. The third-order valence-electron chi connectivity index (χ3n) is 4.30. The molecule has 0 aromatic rings. The maximum absolute atomic E-state index is 12.0. The normalized spacial score (nSPS) is 18.2. The Balaban J connectivity index is 2.21. The molecule has 0 aromatic heterocycles. The molecule has 0 atom stereocenters.